The molecule has 0 saturated heterocycles. The number of fused-ring (bicyclic) bond motifs is 1. The number of ether oxygens (including phenoxy) is 3. The molecule has 3 aromatic carbocycles. The number of carbonyl (C=O) groups excluding carboxylic acids is 2. The van der Waals surface area contributed by atoms with Crippen molar-refractivity contribution in [2.24, 2.45) is 0 Å². The normalized spacial score (nSPS) is 13.7. The Hall–Kier alpha value is -3.57. The zero-order valence-corrected chi connectivity index (χ0v) is 16.8. The van der Waals surface area contributed by atoms with Crippen LogP contribution >= 0.6 is 11.6 Å². The number of benzene rings is 3. The summed E-state index contributed by atoms with van der Waals surface area (Å²) in [5.41, 5.74) is 1.53. The molecule has 0 amide bonds. The maximum Gasteiger partial charge on any atom is 0.343 e. The molecule has 0 aliphatic carbocycles. The molecule has 0 fully saturated rings. The topological polar surface area (TPSA) is 61.8 Å². The molecule has 4 rings (SSSR count). The second kappa shape index (κ2) is 8.43. The Morgan fingerprint density at radius 2 is 1.83 bits per heavy atom. The van der Waals surface area contributed by atoms with Gasteiger partial charge in [-0.3, -0.25) is 4.79 Å². The molecule has 0 unspecified atom stereocenters. The first-order chi connectivity index (χ1) is 14.5. The lowest BCUT2D eigenvalue weighted by Crippen LogP contribution is -2.08. The zero-order valence-electron chi connectivity index (χ0n) is 16.1. The van der Waals surface area contributed by atoms with Crippen LogP contribution in [0.5, 0.6) is 17.2 Å². The summed E-state index contributed by atoms with van der Waals surface area (Å²) in [4.78, 5) is 24.9. The molecule has 3 aromatic rings. The fraction of sp³-hybridized carbons (Fsp3) is 0.0833. The van der Waals surface area contributed by atoms with Gasteiger partial charge < -0.3 is 14.2 Å². The predicted octanol–water partition coefficient (Wildman–Crippen LogP) is 5.57. The van der Waals surface area contributed by atoms with E-state index >= 15 is 0 Å². The van der Waals surface area contributed by atoms with Crippen LogP contribution in [0, 0.1) is 0 Å². The first-order valence-corrected chi connectivity index (χ1v) is 9.70. The van der Waals surface area contributed by atoms with Gasteiger partial charge in [-0.25, -0.2) is 4.79 Å². The van der Waals surface area contributed by atoms with E-state index in [4.69, 9.17) is 25.8 Å². The minimum absolute atomic E-state index is 0.194. The molecular formula is C24H17ClO5. The minimum atomic E-state index is -0.500. The number of esters is 1. The lowest BCUT2D eigenvalue weighted by Gasteiger charge is -2.06. The van der Waals surface area contributed by atoms with E-state index < -0.39 is 5.97 Å². The van der Waals surface area contributed by atoms with Gasteiger partial charge in [-0.15, -0.1) is 0 Å². The van der Waals surface area contributed by atoms with E-state index in [0.29, 0.717) is 45.6 Å². The maximum absolute atomic E-state index is 12.6. The Labute approximate surface area is 178 Å². The van der Waals surface area contributed by atoms with Crippen molar-refractivity contribution in [3.05, 3.63) is 94.2 Å². The number of hydrogen-bond acceptors (Lipinski definition) is 5. The van der Waals surface area contributed by atoms with Crippen LogP contribution < -0.4 is 14.2 Å². The predicted molar refractivity (Wildman–Crippen MR) is 113 cm³/mol. The van der Waals surface area contributed by atoms with E-state index in [1.807, 2.05) is 6.92 Å². The lowest BCUT2D eigenvalue weighted by molar-refractivity contribution is 0.0734. The highest BCUT2D eigenvalue weighted by Gasteiger charge is 2.27. The molecule has 0 atom stereocenters. The maximum atomic E-state index is 12.6. The first-order valence-electron chi connectivity index (χ1n) is 9.32. The van der Waals surface area contributed by atoms with Crippen molar-refractivity contribution in [3.8, 4) is 17.2 Å². The van der Waals surface area contributed by atoms with Crippen LogP contribution in [0.2, 0.25) is 5.02 Å². The van der Waals surface area contributed by atoms with Crippen molar-refractivity contribution >= 4 is 29.4 Å². The Morgan fingerprint density at radius 3 is 2.60 bits per heavy atom. The summed E-state index contributed by atoms with van der Waals surface area (Å²) in [6.45, 7) is 2.41. The zero-order chi connectivity index (χ0) is 21.1. The summed E-state index contributed by atoms with van der Waals surface area (Å²) in [5, 5.41) is 0.538. The highest BCUT2D eigenvalue weighted by Crippen LogP contribution is 2.35. The Bertz CT molecular complexity index is 1150. The molecule has 0 spiro atoms. The molecule has 1 aliphatic heterocycles. The van der Waals surface area contributed by atoms with Gasteiger partial charge in [0, 0.05) is 11.1 Å². The van der Waals surface area contributed by atoms with Gasteiger partial charge in [-0.2, -0.15) is 0 Å². The molecular weight excluding hydrogens is 404 g/mol. The Balaban J connectivity index is 1.52. The molecule has 0 aromatic heterocycles. The van der Waals surface area contributed by atoms with Crippen LogP contribution in [-0.4, -0.2) is 18.4 Å². The highest BCUT2D eigenvalue weighted by molar-refractivity contribution is 6.30. The summed E-state index contributed by atoms with van der Waals surface area (Å²) < 4.78 is 16.6. The summed E-state index contributed by atoms with van der Waals surface area (Å²) in [7, 11) is 0. The minimum Gasteiger partial charge on any atom is -0.494 e. The molecule has 5 nitrogen and oxygen atoms in total. The summed E-state index contributed by atoms with van der Waals surface area (Å²) in [6.07, 6.45) is 1.61. The van der Waals surface area contributed by atoms with E-state index in [1.165, 1.54) is 0 Å². The van der Waals surface area contributed by atoms with Gasteiger partial charge in [0.15, 0.2) is 5.76 Å². The standard InChI is InChI=1S/C24H17ClO5/c1-2-28-18-10-11-20-21(14-18)30-22(23(20)26)13-15-4-3-5-19(12-15)29-24(27)16-6-8-17(25)9-7-16/h3-14H,2H2,1H3/b22-13-. The number of ketones is 1. The summed E-state index contributed by atoms with van der Waals surface area (Å²) in [6, 6.07) is 18.4. The molecule has 0 saturated carbocycles. The van der Waals surface area contributed by atoms with Crippen LogP contribution in [0.4, 0.5) is 0 Å². The fourth-order valence-electron chi connectivity index (χ4n) is 2.99. The van der Waals surface area contributed by atoms with Gasteiger partial charge in [-0.05, 0) is 67.1 Å². The van der Waals surface area contributed by atoms with Crippen molar-refractivity contribution in [2.45, 2.75) is 6.92 Å². The molecule has 0 bridgehead atoms. The van der Waals surface area contributed by atoms with Crippen LogP contribution in [0.25, 0.3) is 6.08 Å². The highest BCUT2D eigenvalue weighted by atomic mass is 35.5. The third kappa shape index (κ3) is 4.21. The molecule has 6 heteroatoms. The van der Waals surface area contributed by atoms with Gasteiger partial charge in [0.05, 0.1) is 17.7 Å². The number of hydrogen-bond donors (Lipinski definition) is 0. The van der Waals surface area contributed by atoms with E-state index in [1.54, 1.807) is 72.8 Å². The lowest BCUT2D eigenvalue weighted by atomic mass is 10.1. The first kappa shape index (κ1) is 19.7. The smallest absolute Gasteiger partial charge is 0.343 e. The molecule has 150 valence electrons. The molecule has 0 radical (unpaired) electrons. The van der Waals surface area contributed by atoms with Crippen LogP contribution in [-0.2, 0) is 0 Å². The molecule has 0 N–H and O–H groups in total. The van der Waals surface area contributed by atoms with E-state index in [9.17, 15) is 9.59 Å². The SMILES string of the molecule is CCOc1ccc2c(c1)O/C(=C\c1cccc(OC(=O)c3ccc(Cl)cc3)c1)C2=O. The second-order valence-corrected chi connectivity index (χ2v) is 6.94. The molecule has 30 heavy (non-hydrogen) atoms. The van der Waals surface area contributed by atoms with E-state index in [0.717, 1.165) is 0 Å². The number of Topliss-reactive ketones (excluding diaryl/α,β-unsaturated/α-hetero) is 1. The summed E-state index contributed by atoms with van der Waals surface area (Å²) in [5.74, 6) is 0.937. The van der Waals surface area contributed by atoms with Crippen molar-refractivity contribution in [2.75, 3.05) is 6.61 Å². The van der Waals surface area contributed by atoms with E-state index in [2.05, 4.69) is 0 Å². The van der Waals surface area contributed by atoms with E-state index in [-0.39, 0.29) is 11.5 Å². The average molecular weight is 421 g/mol. The monoisotopic (exact) mass is 420 g/mol. The number of halogens is 1. The van der Waals surface area contributed by atoms with Gasteiger partial charge in [-0.1, -0.05) is 23.7 Å². The van der Waals surface area contributed by atoms with Crippen molar-refractivity contribution in [1.29, 1.82) is 0 Å². The van der Waals surface area contributed by atoms with Gasteiger partial charge in [0.2, 0.25) is 5.78 Å². The van der Waals surface area contributed by atoms with Crippen molar-refractivity contribution < 1.29 is 23.8 Å². The quantitative estimate of drug-likeness (QED) is 0.306. The van der Waals surface area contributed by atoms with Gasteiger partial charge in [0.1, 0.15) is 17.2 Å². The Kier molecular flexibility index (Phi) is 5.55. The molecule has 1 heterocycles. The van der Waals surface area contributed by atoms with Crippen LogP contribution in [0.3, 0.4) is 0 Å². The van der Waals surface area contributed by atoms with Crippen molar-refractivity contribution in [1.82, 2.24) is 0 Å². The Morgan fingerprint density at radius 1 is 1.03 bits per heavy atom. The number of rotatable bonds is 5. The van der Waals surface area contributed by atoms with Crippen molar-refractivity contribution in [3.63, 3.8) is 0 Å². The second-order valence-electron chi connectivity index (χ2n) is 6.50. The largest absolute Gasteiger partial charge is 0.494 e. The third-order valence-corrected chi connectivity index (χ3v) is 4.65. The van der Waals surface area contributed by atoms with Crippen LogP contribution in [0.15, 0.2) is 72.5 Å². The number of allylic oxidation sites excluding steroid dienone is 1. The third-order valence-electron chi connectivity index (χ3n) is 4.40. The van der Waals surface area contributed by atoms with Crippen LogP contribution in [0.1, 0.15) is 33.2 Å². The average Bonchev–Trinajstić information content (AvgIpc) is 3.04. The number of carbonyl (C=O) groups is 2. The summed E-state index contributed by atoms with van der Waals surface area (Å²) >= 11 is 5.84. The van der Waals surface area contributed by atoms with Gasteiger partial charge >= 0.3 is 5.97 Å². The molecule has 1 aliphatic rings. The fourth-order valence-corrected chi connectivity index (χ4v) is 3.12. The van der Waals surface area contributed by atoms with Gasteiger partial charge in [0.25, 0.3) is 0 Å².